The van der Waals surface area contributed by atoms with Gasteiger partial charge >= 0.3 is 5.97 Å². The molecule has 2 rings (SSSR count). The molecule has 0 aliphatic rings. The Morgan fingerprint density at radius 2 is 1.87 bits per heavy atom. The van der Waals surface area contributed by atoms with E-state index in [9.17, 15) is 13.2 Å². The van der Waals surface area contributed by atoms with Gasteiger partial charge in [0, 0.05) is 11.9 Å². The summed E-state index contributed by atoms with van der Waals surface area (Å²) in [6, 6.07) is 8.36. The lowest BCUT2D eigenvalue weighted by Gasteiger charge is -2.07. The van der Waals surface area contributed by atoms with Gasteiger partial charge in [-0.25, -0.2) is 13.2 Å². The Morgan fingerprint density at radius 3 is 2.39 bits per heavy atom. The van der Waals surface area contributed by atoms with Crippen molar-refractivity contribution in [1.29, 1.82) is 0 Å². The van der Waals surface area contributed by atoms with Gasteiger partial charge < -0.3 is 4.74 Å². The summed E-state index contributed by atoms with van der Waals surface area (Å²) in [6.45, 7) is 4.58. The van der Waals surface area contributed by atoms with Crippen molar-refractivity contribution in [3.8, 4) is 0 Å². The molecule has 1 heterocycles. The molecule has 0 aliphatic heterocycles. The third-order valence-electron chi connectivity index (χ3n) is 3.26. The Balaban J connectivity index is 1.89. The standard InChI is InChI=1S/C16H20N2O4S/c1-12-10-13(2)18(17-12)8-9-22-16(19)15-6-4-14(5-7-15)11-23(3,20)21/h4-7,10H,8-9,11H2,1-3H3. The minimum absolute atomic E-state index is 0.0414. The molecule has 0 aliphatic carbocycles. The number of rotatable bonds is 6. The van der Waals surface area contributed by atoms with E-state index in [1.807, 2.05) is 19.9 Å². The molecule has 0 radical (unpaired) electrons. The Labute approximate surface area is 136 Å². The van der Waals surface area contributed by atoms with Gasteiger partial charge in [-0.05, 0) is 37.6 Å². The van der Waals surface area contributed by atoms with E-state index in [1.165, 1.54) is 6.26 Å². The highest BCUT2D eigenvalue weighted by atomic mass is 32.2. The van der Waals surface area contributed by atoms with Crippen LogP contribution in [0.2, 0.25) is 0 Å². The number of aryl methyl sites for hydroxylation is 2. The van der Waals surface area contributed by atoms with E-state index < -0.39 is 15.8 Å². The average molecular weight is 336 g/mol. The first-order valence-electron chi connectivity index (χ1n) is 7.19. The second-order valence-electron chi connectivity index (χ2n) is 5.55. The summed E-state index contributed by atoms with van der Waals surface area (Å²) in [5.74, 6) is -0.474. The average Bonchev–Trinajstić information content (AvgIpc) is 2.76. The second kappa shape index (κ2) is 6.95. The van der Waals surface area contributed by atoms with Crippen LogP contribution in [-0.2, 0) is 26.9 Å². The summed E-state index contributed by atoms with van der Waals surface area (Å²) in [5.41, 5.74) is 2.99. The van der Waals surface area contributed by atoms with Crippen LogP contribution in [0.5, 0.6) is 0 Å². The zero-order valence-electron chi connectivity index (χ0n) is 13.4. The first-order chi connectivity index (χ1) is 10.7. The van der Waals surface area contributed by atoms with Crippen LogP contribution in [0.3, 0.4) is 0 Å². The Kier molecular flexibility index (Phi) is 5.20. The number of carbonyl (C=O) groups excluding carboxylic acids is 1. The van der Waals surface area contributed by atoms with Gasteiger partial charge in [-0.2, -0.15) is 5.10 Å². The molecule has 6 nitrogen and oxygen atoms in total. The lowest BCUT2D eigenvalue weighted by molar-refractivity contribution is 0.0487. The van der Waals surface area contributed by atoms with Crippen LogP contribution in [0.15, 0.2) is 30.3 Å². The molecule has 1 aromatic carbocycles. The summed E-state index contributed by atoms with van der Waals surface area (Å²) in [7, 11) is -3.08. The van der Waals surface area contributed by atoms with Crippen molar-refractivity contribution in [2.45, 2.75) is 26.1 Å². The number of hydrogen-bond acceptors (Lipinski definition) is 5. The first-order valence-corrected chi connectivity index (χ1v) is 9.25. The summed E-state index contributed by atoms with van der Waals surface area (Å²) in [5, 5.41) is 4.29. The molecule has 0 atom stereocenters. The molecule has 1 aromatic heterocycles. The summed E-state index contributed by atoms with van der Waals surface area (Å²) < 4.78 is 29.5. The third kappa shape index (κ3) is 5.21. The molecule has 0 amide bonds. The van der Waals surface area contributed by atoms with E-state index in [1.54, 1.807) is 28.9 Å². The predicted octanol–water partition coefficient (Wildman–Crippen LogP) is 1.90. The minimum Gasteiger partial charge on any atom is -0.460 e. The summed E-state index contributed by atoms with van der Waals surface area (Å²) in [4.78, 5) is 12.0. The molecule has 0 spiro atoms. The fraction of sp³-hybridized carbons (Fsp3) is 0.375. The molecule has 2 aromatic rings. The van der Waals surface area contributed by atoms with E-state index in [0.717, 1.165) is 11.4 Å². The van der Waals surface area contributed by atoms with Gasteiger partial charge in [0.25, 0.3) is 0 Å². The van der Waals surface area contributed by atoms with Crippen molar-refractivity contribution in [3.05, 3.63) is 52.8 Å². The number of aromatic nitrogens is 2. The van der Waals surface area contributed by atoms with E-state index in [0.29, 0.717) is 17.7 Å². The lowest BCUT2D eigenvalue weighted by atomic mass is 10.1. The molecule has 0 bridgehead atoms. The number of sulfone groups is 1. The maximum atomic E-state index is 12.0. The van der Waals surface area contributed by atoms with E-state index in [2.05, 4.69) is 5.10 Å². The number of ether oxygens (including phenoxy) is 1. The van der Waals surface area contributed by atoms with Crippen LogP contribution in [0, 0.1) is 13.8 Å². The topological polar surface area (TPSA) is 78.3 Å². The Bertz CT molecular complexity index is 792. The van der Waals surface area contributed by atoms with Crippen molar-refractivity contribution >= 4 is 15.8 Å². The quantitative estimate of drug-likeness (QED) is 0.753. The van der Waals surface area contributed by atoms with Gasteiger partial charge in [-0.3, -0.25) is 4.68 Å². The number of carbonyl (C=O) groups is 1. The molecule has 7 heteroatoms. The zero-order valence-corrected chi connectivity index (χ0v) is 14.3. The van der Waals surface area contributed by atoms with Gasteiger partial charge in [0.1, 0.15) is 6.61 Å². The van der Waals surface area contributed by atoms with Crippen LogP contribution in [-0.4, -0.2) is 37.0 Å². The highest BCUT2D eigenvalue weighted by Crippen LogP contribution is 2.09. The zero-order chi connectivity index (χ0) is 17.0. The van der Waals surface area contributed by atoms with E-state index >= 15 is 0 Å². The van der Waals surface area contributed by atoms with Crippen LogP contribution >= 0.6 is 0 Å². The first kappa shape index (κ1) is 17.2. The molecular formula is C16H20N2O4S. The van der Waals surface area contributed by atoms with Crippen molar-refractivity contribution < 1.29 is 17.9 Å². The van der Waals surface area contributed by atoms with Crippen LogP contribution in [0.1, 0.15) is 27.3 Å². The van der Waals surface area contributed by atoms with Crippen molar-refractivity contribution in [2.75, 3.05) is 12.9 Å². The fourth-order valence-electron chi connectivity index (χ4n) is 2.25. The second-order valence-corrected chi connectivity index (χ2v) is 7.69. The number of nitrogens with zero attached hydrogens (tertiary/aromatic N) is 2. The Morgan fingerprint density at radius 1 is 1.22 bits per heavy atom. The Hall–Kier alpha value is -2.15. The molecule has 0 unspecified atom stereocenters. The smallest absolute Gasteiger partial charge is 0.338 e. The SMILES string of the molecule is Cc1cc(C)n(CCOC(=O)c2ccc(CS(C)(=O)=O)cc2)n1. The third-order valence-corrected chi connectivity index (χ3v) is 4.12. The van der Waals surface area contributed by atoms with Gasteiger partial charge in [0.2, 0.25) is 0 Å². The van der Waals surface area contributed by atoms with Crippen LogP contribution in [0.4, 0.5) is 0 Å². The van der Waals surface area contributed by atoms with Crippen molar-refractivity contribution in [1.82, 2.24) is 9.78 Å². The fourth-order valence-corrected chi connectivity index (χ4v) is 3.05. The molecule has 0 fully saturated rings. The van der Waals surface area contributed by atoms with Gasteiger partial charge in [0.15, 0.2) is 9.84 Å². The minimum atomic E-state index is -3.08. The van der Waals surface area contributed by atoms with Crippen LogP contribution in [0.25, 0.3) is 0 Å². The summed E-state index contributed by atoms with van der Waals surface area (Å²) in [6.07, 6.45) is 1.17. The maximum absolute atomic E-state index is 12.0. The van der Waals surface area contributed by atoms with Gasteiger partial charge in [-0.1, -0.05) is 12.1 Å². The van der Waals surface area contributed by atoms with Crippen molar-refractivity contribution in [3.63, 3.8) is 0 Å². The van der Waals surface area contributed by atoms with E-state index in [4.69, 9.17) is 4.74 Å². The van der Waals surface area contributed by atoms with Gasteiger partial charge in [0.05, 0.1) is 23.6 Å². The molecule has 124 valence electrons. The number of benzene rings is 1. The predicted molar refractivity (Wildman–Crippen MR) is 87.0 cm³/mol. The molecule has 23 heavy (non-hydrogen) atoms. The molecular weight excluding hydrogens is 316 g/mol. The number of hydrogen-bond donors (Lipinski definition) is 0. The summed E-state index contributed by atoms with van der Waals surface area (Å²) >= 11 is 0. The normalized spacial score (nSPS) is 11.4. The molecule has 0 N–H and O–H groups in total. The lowest BCUT2D eigenvalue weighted by Crippen LogP contribution is -2.13. The largest absolute Gasteiger partial charge is 0.460 e. The van der Waals surface area contributed by atoms with Crippen molar-refractivity contribution in [2.24, 2.45) is 0 Å². The maximum Gasteiger partial charge on any atom is 0.338 e. The van der Waals surface area contributed by atoms with E-state index in [-0.39, 0.29) is 12.4 Å². The monoisotopic (exact) mass is 336 g/mol. The number of esters is 1. The molecule has 0 saturated heterocycles. The highest BCUT2D eigenvalue weighted by molar-refractivity contribution is 7.89. The molecule has 0 saturated carbocycles. The van der Waals surface area contributed by atoms with Gasteiger partial charge in [-0.15, -0.1) is 0 Å². The highest BCUT2D eigenvalue weighted by Gasteiger charge is 2.09. The van der Waals surface area contributed by atoms with Crippen LogP contribution < -0.4 is 0 Å².